The Kier molecular flexibility index (Phi) is 8.96. The van der Waals surface area contributed by atoms with Crippen molar-refractivity contribution in [1.29, 1.82) is 0 Å². The van der Waals surface area contributed by atoms with Gasteiger partial charge in [-0.15, -0.1) is 0 Å². The summed E-state index contributed by atoms with van der Waals surface area (Å²) >= 11 is 0. The van der Waals surface area contributed by atoms with Gasteiger partial charge in [-0.25, -0.2) is 8.42 Å². The van der Waals surface area contributed by atoms with Crippen molar-refractivity contribution in [1.82, 2.24) is 9.62 Å². The number of hydrogen-bond acceptors (Lipinski definition) is 3. The van der Waals surface area contributed by atoms with Crippen molar-refractivity contribution >= 4 is 15.9 Å². The average molecular weight is 409 g/mol. The number of rotatable bonds is 9. The van der Waals surface area contributed by atoms with Crippen LogP contribution in [0.2, 0.25) is 0 Å². The Morgan fingerprint density at radius 2 is 1.82 bits per heavy atom. The van der Waals surface area contributed by atoms with Crippen LogP contribution in [0.25, 0.3) is 0 Å². The highest BCUT2D eigenvalue weighted by molar-refractivity contribution is 7.89. The Morgan fingerprint density at radius 3 is 2.43 bits per heavy atom. The lowest BCUT2D eigenvalue weighted by molar-refractivity contribution is 0.0945. The fraction of sp³-hybridized carbons (Fsp3) is 0.682. The summed E-state index contributed by atoms with van der Waals surface area (Å²) in [5.74, 6) is 0.286. The zero-order valence-electron chi connectivity index (χ0n) is 17.7. The first-order chi connectivity index (χ1) is 13.4. The standard InChI is InChI=1S/C22H36N2O3S/c1-4-6-11-19(5-2)17-23-22(25)21-16-20(13-12-18(21)3)28(26,27)24-14-9-7-8-10-15-24/h12-13,16,19H,4-11,14-15,17H2,1-3H3,(H,23,25)/t19-/m0/s1. The van der Waals surface area contributed by atoms with Crippen molar-refractivity contribution in [2.24, 2.45) is 5.92 Å². The van der Waals surface area contributed by atoms with Crippen molar-refractivity contribution in [3.63, 3.8) is 0 Å². The van der Waals surface area contributed by atoms with Gasteiger partial charge < -0.3 is 5.32 Å². The van der Waals surface area contributed by atoms with Crippen LogP contribution < -0.4 is 5.32 Å². The maximum absolute atomic E-state index is 13.1. The summed E-state index contributed by atoms with van der Waals surface area (Å²) in [5.41, 5.74) is 1.26. The second kappa shape index (κ2) is 11.0. The summed E-state index contributed by atoms with van der Waals surface area (Å²) < 4.78 is 27.7. The van der Waals surface area contributed by atoms with Gasteiger partial charge >= 0.3 is 0 Å². The lowest BCUT2D eigenvalue weighted by Crippen LogP contribution is -2.33. The summed E-state index contributed by atoms with van der Waals surface area (Å²) in [6.45, 7) is 7.93. The van der Waals surface area contributed by atoms with Crippen LogP contribution in [-0.2, 0) is 10.0 Å². The lowest BCUT2D eigenvalue weighted by Gasteiger charge is -2.21. The van der Waals surface area contributed by atoms with Crippen molar-refractivity contribution in [2.45, 2.75) is 77.0 Å². The number of hydrogen-bond donors (Lipinski definition) is 1. The van der Waals surface area contributed by atoms with Gasteiger partial charge in [0.2, 0.25) is 10.0 Å². The van der Waals surface area contributed by atoms with Crippen LogP contribution in [-0.4, -0.2) is 38.3 Å². The highest BCUT2D eigenvalue weighted by Gasteiger charge is 2.26. The predicted molar refractivity (Wildman–Crippen MR) is 114 cm³/mol. The molecule has 28 heavy (non-hydrogen) atoms. The van der Waals surface area contributed by atoms with Gasteiger partial charge in [0.1, 0.15) is 0 Å². The molecule has 1 fully saturated rings. The largest absolute Gasteiger partial charge is 0.352 e. The SMILES string of the molecule is CCCC[C@H](CC)CNC(=O)c1cc(S(=O)(=O)N2CCCCCC2)ccc1C. The van der Waals surface area contributed by atoms with Crippen LogP contribution in [0.4, 0.5) is 0 Å². The van der Waals surface area contributed by atoms with E-state index in [1.807, 2.05) is 6.92 Å². The predicted octanol–water partition coefficient (Wildman–Crippen LogP) is 4.51. The maximum atomic E-state index is 13.1. The molecule has 158 valence electrons. The molecule has 1 saturated heterocycles. The third kappa shape index (κ3) is 6.05. The Labute approximate surface area is 170 Å². The fourth-order valence-electron chi connectivity index (χ4n) is 3.71. The van der Waals surface area contributed by atoms with Gasteiger partial charge in [-0.05, 0) is 49.8 Å². The second-order valence-corrected chi connectivity index (χ2v) is 9.86. The molecule has 6 heteroatoms. The molecule has 1 heterocycles. The number of benzene rings is 1. The molecule has 5 nitrogen and oxygen atoms in total. The minimum atomic E-state index is -3.55. The van der Waals surface area contributed by atoms with Crippen LogP contribution in [0.1, 0.15) is 81.1 Å². The number of amides is 1. The van der Waals surface area contributed by atoms with Gasteiger partial charge in [-0.3, -0.25) is 4.79 Å². The Morgan fingerprint density at radius 1 is 1.14 bits per heavy atom. The fourth-order valence-corrected chi connectivity index (χ4v) is 5.26. The molecular formula is C22H36N2O3S. The van der Waals surface area contributed by atoms with E-state index in [2.05, 4.69) is 19.2 Å². The summed E-state index contributed by atoms with van der Waals surface area (Å²) in [6, 6.07) is 4.92. The number of nitrogens with zero attached hydrogens (tertiary/aromatic N) is 1. The summed E-state index contributed by atoms with van der Waals surface area (Å²) in [4.78, 5) is 13.0. The van der Waals surface area contributed by atoms with E-state index < -0.39 is 10.0 Å². The van der Waals surface area contributed by atoms with Gasteiger partial charge in [0.05, 0.1) is 4.90 Å². The molecule has 1 N–H and O–H groups in total. The lowest BCUT2D eigenvalue weighted by atomic mass is 9.99. The van der Waals surface area contributed by atoms with Crippen LogP contribution in [0, 0.1) is 12.8 Å². The van der Waals surface area contributed by atoms with Crippen LogP contribution in [0.15, 0.2) is 23.1 Å². The van der Waals surface area contributed by atoms with Crippen molar-refractivity contribution in [3.8, 4) is 0 Å². The Bertz CT molecular complexity index is 738. The highest BCUT2D eigenvalue weighted by Crippen LogP contribution is 2.23. The number of aryl methyl sites for hydroxylation is 1. The molecule has 0 saturated carbocycles. The molecular weight excluding hydrogens is 372 g/mol. The normalized spacial score (nSPS) is 17.1. The molecule has 1 aromatic carbocycles. The Balaban J connectivity index is 2.14. The van der Waals surface area contributed by atoms with E-state index in [1.54, 1.807) is 22.5 Å². The van der Waals surface area contributed by atoms with E-state index in [0.717, 1.165) is 56.9 Å². The second-order valence-electron chi connectivity index (χ2n) is 7.92. The maximum Gasteiger partial charge on any atom is 0.251 e. The van der Waals surface area contributed by atoms with Crippen LogP contribution >= 0.6 is 0 Å². The molecule has 1 aromatic rings. The molecule has 2 rings (SSSR count). The first-order valence-electron chi connectivity index (χ1n) is 10.8. The van der Waals surface area contributed by atoms with Crippen molar-refractivity contribution in [3.05, 3.63) is 29.3 Å². The third-order valence-corrected chi connectivity index (χ3v) is 7.65. The molecule has 1 aliphatic heterocycles. The number of nitrogens with one attached hydrogen (secondary N) is 1. The van der Waals surface area contributed by atoms with E-state index in [1.165, 1.54) is 0 Å². The van der Waals surface area contributed by atoms with Crippen LogP contribution in [0.3, 0.4) is 0 Å². The van der Waals surface area contributed by atoms with E-state index in [-0.39, 0.29) is 10.8 Å². The smallest absolute Gasteiger partial charge is 0.251 e. The van der Waals surface area contributed by atoms with Crippen LogP contribution in [0.5, 0.6) is 0 Å². The summed E-state index contributed by atoms with van der Waals surface area (Å²) in [6.07, 6.45) is 8.40. The molecule has 1 amide bonds. The van der Waals surface area contributed by atoms with Gasteiger partial charge in [-0.2, -0.15) is 4.31 Å². The molecule has 1 aliphatic rings. The Hall–Kier alpha value is -1.40. The number of carbonyl (C=O) groups excluding carboxylic acids is 1. The number of sulfonamides is 1. The molecule has 0 aliphatic carbocycles. The topological polar surface area (TPSA) is 66.5 Å². The minimum absolute atomic E-state index is 0.180. The molecule has 0 unspecified atom stereocenters. The van der Waals surface area contributed by atoms with E-state index in [4.69, 9.17) is 0 Å². The zero-order valence-corrected chi connectivity index (χ0v) is 18.5. The zero-order chi connectivity index (χ0) is 20.6. The molecule has 0 aromatic heterocycles. The van der Waals surface area contributed by atoms with Crippen molar-refractivity contribution in [2.75, 3.05) is 19.6 Å². The van der Waals surface area contributed by atoms with Crippen molar-refractivity contribution < 1.29 is 13.2 Å². The van der Waals surface area contributed by atoms with Gasteiger partial charge in [0, 0.05) is 25.2 Å². The monoisotopic (exact) mass is 408 g/mol. The van der Waals surface area contributed by atoms with E-state index in [0.29, 0.717) is 31.1 Å². The van der Waals surface area contributed by atoms with Gasteiger partial charge in [0.15, 0.2) is 0 Å². The van der Waals surface area contributed by atoms with E-state index >= 15 is 0 Å². The first kappa shape index (κ1) is 22.9. The first-order valence-corrected chi connectivity index (χ1v) is 12.2. The number of unbranched alkanes of at least 4 members (excludes halogenated alkanes) is 1. The van der Waals surface area contributed by atoms with Gasteiger partial charge in [-0.1, -0.05) is 52.0 Å². The third-order valence-electron chi connectivity index (χ3n) is 5.75. The number of carbonyl (C=O) groups is 1. The molecule has 1 atom stereocenters. The summed E-state index contributed by atoms with van der Waals surface area (Å²) in [5, 5.41) is 3.02. The summed E-state index contributed by atoms with van der Waals surface area (Å²) in [7, 11) is -3.55. The minimum Gasteiger partial charge on any atom is -0.352 e. The quantitative estimate of drug-likeness (QED) is 0.654. The van der Waals surface area contributed by atoms with Gasteiger partial charge in [0.25, 0.3) is 5.91 Å². The molecule has 0 radical (unpaired) electrons. The van der Waals surface area contributed by atoms with E-state index in [9.17, 15) is 13.2 Å². The molecule has 0 spiro atoms. The highest BCUT2D eigenvalue weighted by atomic mass is 32.2. The molecule has 0 bridgehead atoms. The average Bonchev–Trinajstić information content (AvgIpc) is 2.98.